The van der Waals surface area contributed by atoms with Gasteiger partial charge in [-0.3, -0.25) is 0 Å². The summed E-state index contributed by atoms with van der Waals surface area (Å²) in [4.78, 5) is -0.368. The van der Waals surface area contributed by atoms with Gasteiger partial charge in [0.2, 0.25) is 10.0 Å². The van der Waals surface area contributed by atoms with Gasteiger partial charge in [-0.05, 0) is 48.4 Å². The van der Waals surface area contributed by atoms with Crippen molar-refractivity contribution in [1.29, 1.82) is 0 Å². The van der Waals surface area contributed by atoms with E-state index < -0.39 is 45.9 Å². The quantitative estimate of drug-likeness (QED) is 0.675. The predicted octanol–water partition coefficient (Wildman–Crippen LogP) is 2.27. The molecule has 6 nitrogen and oxygen atoms in total. The fraction of sp³-hybridized carbons (Fsp3) is 0.368. The lowest BCUT2D eigenvalue weighted by molar-refractivity contribution is -0.137. The zero-order valence-electron chi connectivity index (χ0n) is 15.3. The number of methoxy groups -OCH3 is 1. The Morgan fingerprint density at radius 2 is 1.62 bits per heavy atom. The molecule has 3 N–H and O–H groups in total. The third-order valence-electron chi connectivity index (χ3n) is 5.02. The first kappa shape index (κ1) is 21.6. The van der Waals surface area contributed by atoms with Gasteiger partial charge in [-0.15, -0.1) is 0 Å². The lowest BCUT2D eigenvalue weighted by Gasteiger charge is -2.24. The first-order chi connectivity index (χ1) is 13.5. The van der Waals surface area contributed by atoms with Crippen LogP contribution in [-0.4, -0.2) is 44.0 Å². The van der Waals surface area contributed by atoms with Gasteiger partial charge >= 0.3 is 6.18 Å². The normalized spacial score (nSPS) is 25.2. The fourth-order valence-electron chi connectivity index (χ4n) is 3.44. The van der Waals surface area contributed by atoms with E-state index in [1.807, 2.05) is 0 Å². The first-order valence-electron chi connectivity index (χ1n) is 8.72. The maximum Gasteiger partial charge on any atom is 0.416 e. The molecule has 0 amide bonds. The van der Waals surface area contributed by atoms with Crippen molar-refractivity contribution in [3.05, 3.63) is 59.7 Å². The van der Waals surface area contributed by atoms with Gasteiger partial charge in [0.1, 0.15) is 5.75 Å². The molecule has 1 saturated carbocycles. The maximum absolute atomic E-state index is 12.7. The predicted molar refractivity (Wildman–Crippen MR) is 97.9 cm³/mol. The highest BCUT2D eigenvalue weighted by Gasteiger charge is 2.44. The average molecular weight is 431 g/mol. The number of aliphatic hydroxyl groups excluding tert-OH is 2. The van der Waals surface area contributed by atoms with Crippen molar-refractivity contribution in [3.8, 4) is 5.75 Å². The van der Waals surface area contributed by atoms with Crippen LogP contribution in [0, 0.1) is 0 Å². The molecule has 10 heteroatoms. The molecule has 0 aliphatic heterocycles. The summed E-state index contributed by atoms with van der Waals surface area (Å²) < 4.78 is 70.9. The Labute approximate surface area is 166 Å². The maximum atomic E-state index is 12.7. The van der Waals surface area contributed by atoms with Crippen LogP contribution >= 0.6 is 0 Å². The van der Waals surface area contributed by atoms with Crippen molar-refractivity contribution in [3.63, 3.8) is 0 Å². The van der Waals surface area contributed by atoms with E-state index in [2.05, 4.69) is 4.72 Å². The molecule has 1 aliphatic rings. The number of halogens is 3. The minimum absolute atomic E-state index is 0.119. The highest BCUT2D eigenvalue weighted by atomic mass is 32.2. The molecule has 1 fully saturated rings. The molecule has 1 aliphatic carbocycles. The Balaban J connectivity index is 1.86. The van der Waals surface area contributed by atoms with Gasteiger partial charge in [0.05, 0.1) is 35.8 Å². The smallest absolute Gasteiger partial charge is 0.416 e. The molecular formula is C19H20F3NO5S. The second-order valence-electron chi connectivity index (χ2n) is 6.84. The van der Waals surface area contributed by atoms with E-state index in [-0.39, 0.29) is 11.3 Å². The third-order valence-corrected chi connectivity index (χ3v) is 6.49. The van der Waals surface area contributed by atoms with Gasteiger partial charge in [-0.25, -0.2) is 13.1 Å². The average Bonchev–Trinajstić information content (AvgIpc) is 2.95. The van der Waals surface area contributed by atoms with Crippen LogP contribution in [0.4, 0.5) is 13.2 Å². The van der Waals surface area contributed by atoms with Crippen LogP contribution in [-0.2, 0) is 16.2 Å². The number of hydrogen-bond acceptors (Lipinski definition) is 5. The molecule has 0 radical (unpaired) electrons. The van der Waals surface area contributed by atoms with Crippen molar-refractivity contribution in [1.82, 2.24) is 4.72 Å². The lowest BCUT2D eigenvalue weighted by Crippen LogP contribution is -2.45. The van der Waals surface area contributed by atoms with Gasteiger partial charge in [-0.1, -0.05) is 12.1 Å². The summed E-state index contributed by atoms with van der Waals surface area (Å²) in [6.45, 7) is 0. The molecule has 3 rings (SSSR count). The van der Waals surface area contributed by atoms with Crippen molar-refractivity contribution in [2.24, 2.45) is 0 Å². The minimum atomic E-state index is -4.58. The second kappa shape index (κ2) is 7.94. The van der Waals surface area contributed by atoms with Gasteiger partial charge < -0.3 is 14.9 Å². The molecule has 0 aromatic heterocycles. The Morgan fingerprint density at radius 1 is 1.03 bits per heavy atom. The lowest BCUT2D eigenvalue weighted by atomic mass is 9.94. The topological polar surface area (TPSA) is 95.9 Å². The van der Waals surface area contributed by atoms with Crippen LogP contribution < -0.4 is 9.46 Å². The van der Waals surface area contributed by atoms with Crippen LogP contribution in [0.3, 0.4) is 0 Å². The monoisotopic (exact) mass is 431 g/mol. The number of nitrogens with one attached hydrogen (secondary N) is 1. The van der Waals surface area contributed by atoms with Gasteiger partial charge in [0, 0.05) is 5.92 Å². The number of alkyl halides is 3. The molecule has 158 valence electrons. The molecule has 4 atom stereocenters. The van der Waals surface area contributed by atoms with E-state index in [0.29, 0.717) is 23.4 Å². The SMILES string of the molecule is COc1ccc([C@H]2C[C@@H](O)[C@@H](O)[C@@H]2NS(=O)(=O)c2ccc(C(F)(F)F)cc2)cc1. The molecule has 0 heterocycles. The summed E-state index contributed by atoms with van der Waals surface area (Å²) >= 11 is 0. The van der Waals surface area contributed by atoms with Crippen molar-refractivity contribution in [2.75, 3.05) is 7.11 Å². The van der Waals surface area contributed by atoms with Crippen molar-refractivity contribution < 1.29 is 36.5 Å². The van der Waals surface area contributed by atoms with E-state index in [9.17, 15) is 31.8 Å². The van der Waals surface area contributed by atoms with E-state index in [0.717, 1.165) is 12.1 Å². The highest BCUT2D eigenvalue weighted by molar-refractivity contribution is 7.89. The van der Waals surface area contributed by atoms with E-state index >= 15 is 0 Å². The highest BCUT2D eigenvalue weighted by Crippen LogP contribution is 2.37. The number of sulfonamides is 1. The van der Waals surface area contributed by atoms with Crippen LogP contribution in [0.2, 0.25) is 0 Å². The summed E-state index contributed by atoms with van der Waals surface area (Å²) in [5, 5.41) is 20.4. The molecule has 29 heavy (non-hydrogen) atoms. The van der Waals surface area contributed by atoms with Crippen molar-refractivity contribution >= 4 is 10.0 Å². The van der Waals surface area contributed by atoms with Crippen molar-refractivity contribution in [2.45, 2.75) is 41.7 Å². The Morgan fingerprint density at radius 3 is 2.14 bits per heavy atom. The summed E-state index contributed by atoms with van der Waals surface area (Å²) in [7, 11) is -2.73. The van der Waals surface area contributed by atoms with Gasteiger partial charge in [0.15, 0.2) is 0 Å². The molecule has 2 aromatic rings. The zero-order valence-corrected chi connectivity index (χ0v) is 16.1. The zero-order chi connectivity index (χ0) is 21.4. The molecule has 0 saturated heterocycles. The Hall–Kier alpha value is -2.14. The number of rotatable bonds is 5. The first-order valence-corrected chi connectivity index (χ1v) is 10.2. The summed E-state index contributed by atoms with van der Waals surface area (Å²) in [5.74, 6) is 0.0601. The molecule has 0 unspecified atom stereocenters. The van der Waals surface area contributed by atoms with Gasteiger partial charge in [-0.2, -0.15) is 13.2 Å². The Bertz CT molecular complexity index is 945. The largest absolute Gasteiger partial charge is 0.497 e. The molecule has 0 spiro atoms. The number of benzene rings is 2. The van der Waals surface area contributed by atoms with E-state index in [1.54, 1.807) is 24.3 Å². The molecular weight excluding hydrogens is 411 g/mol. The van der Waals surface area contributed by atoms with Crippen LogP contribution in [0.15, 0.2) is 53.4 Å². The van der Waals surface area contributed by atoms with E-state index in [1.165, 1.54) is 7.11 Å². The summed E-state index contributed by atoms with van der Waals surface area (Å²) in [6, 6.07) is 8.76. The van der Waals surface area contributed by atoms with Gasteiger partial charge in [0.25, 0.3) is 0 Å². The third kappa shape index (κ3) is 4.55. The second-order valence-corrected chi connectivity index (χ2v) is 8.56. The molecule has 2 aromatic carbocycles. The number of ether oxygens (including phenoxy) is 1. The minimum Gasteiger partial charge on any atom is -0.497 e. The van der Waals surface area contributed by atoms with Crippen LogP contribution in [0.5, 0.6) is 5.75 Å². The van der Waals surface area contributed by atoms with Crippen LogP contribution in [0.25, 0.3) is 0 Å². The molecule has 0 bridgehead atoms. The number of aliphatic hydroxyl groups is 2. The Kier molecular flexibility index (Phi) is 5.91. The summed E-state index contributed by atoms with van der Waals surface area (Å²) in [5.41, 5.74) is -0.287. The van der Waals surface area contributed by atoms with Crippen LogP contribution in [0.1, 0.15) is 23.5 Å². The van der Waals surface area contributed by atoms with E-state index in [4.69, 9.17) is 4.74 Å². The standard InChI is InChI=1S/C19H20F3NO5S/c1-28-13-6-2-11(3-7-13)15-10-16(24)18(25)17(15)23-29(26,27)14-8-4-12(5-9-14)19(20,21)22/h2-9,15-18,23-25H,10H2,1H3/t15-,16-,17-,18-/m1/s1. The fourth-order valence-corrected chi connectivity index (χ4v) is 4.73. The summed E-state index contributed by atoms with van der Waals surface area (Å²) in [6.07, 6.45) is -6.98. The number of hydrogen-bond donors (Lipinski definition) is 3.